The van der Waals surface area contributed by atoms with Crippen LogP contribution in [0.1, 0.15) is 24.8 Å². The van der Waals surface area contributed by atoms with E-state index in [1.165, 1.54) is 0 Å². The monoisotopic (exact) mass is 442 g/mol. The third kappa shape index (κ3) is 4.77. The van der Waals surface area contributed by atoms with Gasteiger partial charge in [-0.1, -0.05) is 18.5 Å². The molecule has 0 unspecified atom stereocenters. The Hall–Kier alpha value is -2.57. The first-order valence-electron chi connectivity index (χ1n) is 10.0. The molecule has 3 aromatic rings. The average Bonchev–Trinajstić information content (AvgIpc) is 3.22. The molecule has 2 aromatic carbocycles. The first kappa shape index (κ1) is 20.7. The average molecular weight is 443 g/mol. The van der Waals surface area contributed by atoms with Crippen molar-refractivity contribution in [1.82, 2.24) is 4.98 Å². The first-order valence-corrected chi connectivity index (χ1v) is 11.3. The molecule has 0 radical (unpaired) electrons. The molecule has 0 aliphatic carbocycles. The van der Waals surface area contributed by atoms with Gasteiger partial charge in [0.2, 0.25) is 0 Å². The second-order valence-electron chi connectivity index (χ2n) is 7.05. The zero-order chi connectivity index (χ0) is 20.9. The Morgan fingerprint density at radius 3 is 2.87 bits per heavy atom. The van der Waals surface area contributed by atoms with Crippen LogP contribution in [0, 0.1) is 0 Å². The number of benzene rings is 2. The van der Waals surface area contributed by atoms with Gasteiger partial charge in [0.15, 0.2) is 6.61 Å². The minimum Gasteiger partial charge on any atom is -0.494 e. The van der Waals surface area contributed by atoms with E-state index in [1.807, 2.05) is 30.3 Å². The highest BCUT2D eigenvalue weighted by molar-refractivity contribution is 7.09. The fourth-order valence-corrected chi connectivity index (χ4v) is 4.36. The molecule has 0 bridgehead atoms. The van der Waals surface area contributed by atoms with Gasteiger partial charge in [0.25, 0.3) is 5.91 Å². The molecule has 7 heteroatoms. The lowest BCUT2D eigenvalue weighted by Crippen LogP contribution is -2.39. The minimum absolute atomic E-state index is 0.0453. The number of anilines is 1. The van der Waals surface area contributed by atoms with E-state index in [1.54, 1.807) is 28.4 Å². The SMILES string of the molecule is CCCc1nc(-c2ccc3c(c2)N(CCCOc2ccc(Cl)cc2)C(=O)CO3)cs1. The van der Waals surface area contributed by atoms with E-state index >= 15 is 0 Å². The van der Waals surface area contributed by atoms with Gasteiger partial charge in [-0.2, -0.15) is 0 Å². The normalized spacial score (nSPS) is 13.1. The van der Waals surface area contributed by atoms with Crippen LogP contribution in [0.3, 0.4) is 0 Å². The van der Waals surface area contributed by atoms with E-state index in [2.05, 4.69) is 12.3 Å². The summed E-state index contributed by atoms with van der Waals surface area (Å²) in [6.45, 7) is 3.28. The zero-order valence-corrected chi connectivity index (χ0v) is 18.3. The number of hydrogen-bond acceptors (Lipinski definition) is 5. The van der Waals surface area contributed by atoms with E-state index in [4.69, 9.17) is 26.1 Å². The van der Waals surface area contributed by atoms with Crippen LogP contribution in [0.15, 0.2) is 47.8 Å². The lowest BCUT2D eigenvalue weighted by atomic mass is 10.1. The van der Waals surface area contributed by atoms with E-state index in [-0.39, 0.29) is 12.5 Å². The van der Waals surface area contributed by atoms with Crippen molar-refractivity contribution in [1.29, 1.82) is 0 Å². The van der Waals surface area contributed by atoms with Crippen LogP contribution in [-0.4, -0.2) is 30.6 Å². The Kier molecular flexibility index (Phi) is 6.55. The van der Waals surface area contributed by atoms with Crippen molar-refractivity contribution in [2.45, 2.75) is 26.2 Å². The van der Waals surface area contributed by atoms with Crippen molar-refractivity contribution in [2.24, 2.45) is 0 Å². The number of carbonyl (C=O) groups excluding carboxylic acids is 1. The molecule has 0 N–H and O–H groups in total. The van der Waals surface area contributed by atoms with Crippen LogP contribution in [0.4, 0.5) is 5.69 Å². The highest BCUT2D eigenvalue weighted by Gasteiger charge is 2.26. The fourth-order valence-electron chi connectivity index (χ4n) is 3.32. The van der Waals surface area contributed by atoms with Crippen LogP contribution in [0.5, 0.6) is 11.5 Å². The van der Waals surface area contributed by atoms with Crippen LogP contribution in [0.25, 0.3) is 11.3 Å². The molecule has 0 spiro atoms. The van der Waals surface area contributed by atoms with Crippen LogP contribution >= 0.6 is 22.9 Å². The number of nitrogens with zero attached hydrogens (tertiary/aromatic N) is 2. The number of rotatable bonds is 8. The summed E-state index contributed by atoms with van der Waals surface area (Å²) >= 11 is 7.57. The first-order chi connectivity index (χ1) is 14.6. The number of amides is 1. The number of aryl methyl sites for hydroxylation is 1. The van der Waals surface area contributed by atoms with E-state index < -0.39 is 0 Å². The molecule has 0 fully saturated rings. The number of carbonyl (C=O) groups is 1. The molecule has 1 aliphatic heterocycles. The molecule has 1 amide bonds. The van der Waals surface area contributed by atoms with E-state index in [9.17, 15) is 4.79 Å². The largest absolute Gasteiger partial charge is 0.494 e. The van der Waals surface area contributed by atoms with Crippen LogP contribution in [-0.2, 0) is 11.2 Å². The van der Waals surface area contributed by atoms with Crippen molar-refractivity contribution >= 4 is 34.5 Å². The highest BCUT2D eigenvalue weighted by atomic mass is 35.5. The molecule has 2 heterocycles. The summed E-state index contributed by atoms with van der Waals surface area (Å²) in [4.78, 5) is 19.0. The van der Waals surface area contributed by atoms with Gasteiger partial charge in [0.1, 0.15) is 11.5 Å². The third-order valence-corrected chi connectivity index (χ3v) is 5.98. The Balaban J connectivity index is 1.45. The zero-order valence-electron chi connectivity index (χ0n) is 16.8. The minimum atomic E-state index is -0.0453. The van der Waals surface area contributed by atoms with E-state index in [0.29, 0.717) is 24.6 Å². The van der Waals surface area contributed by atoms with Gasteiger partial charge < -0.3 is 14.4 Å². The van der Waals surface area contributed by atoms with Crippen LogP contribution < -0.4 is 14.4 Å². The second kappa shape index (κ2) is 9.49. The van der Waals surface area contributed by atoms with Gasteiger partial charge in [-0.3, -0.25) is 4.79 Å². The number of hydrogen-bond donors (Lipinski definition) is 0. The maximum atomic E-state index is 12.5. The molecule has 30 heavy (non-hydrogen) atoms. The lowest BCUT2D eigenvalue weighted by molar-refractivity contribution is -0.121. The molecule has 1 aromatic heterocycles. The number of fused-ring (bicyclic) bond motifs is 1. The summed E-state index contributed by atoms with van der Waals surface area (Å²) in [7, 11) is 0. The molecule has 4 rings (SSSR count). The Morgan fingerprint density at radius 1 is 1.23 bits per heavy atom. The summed E-state index contributed by atoms with van der Waals surface area (Å²) in [5.74, 6) is 1.44. The van der Waals surface area contributed by atoms with Gasteiger partial charge in [-0.15, -0.1) is 11.3 Å². The predicted octanol–water partition coefficient (Wildman–Crippen LogP) is 5.61. The van der Waals surface area contributed by atoms with Gasteiger partial charge in [-0.25, -0.2) is 4.98 Å². The second-order valence-corrected chi connectivity index (χ2v) is 8.43. The summed E-state index contributed by atoms with van der Waals surface area (Å²) in [6, 6.07) is 13.2. The van der Waals surface area contributed by atoms with Gasteiger partial charge in [0, 0.05) is 22.5 Å². The van der Waals surface area contributed by atoms with Crippen molar-refractivity contribution in [3.8, 4) is 22.8 Å². The van der Waals surface area contributed by atoms with Gasteiger partial charge in [-0.05, 0) is 61.7 Å². The van der Waals surface area contributed by atoms with Gasteiger partial charge >= 0.3 is 0 Å². The molecular formula is C23H23ClN2O3S. The van der Waals surface area contributed by atoms with Crippen LogP contribution in [0.2, 0.25) is 5.02 Å². The summed E-state index contributed by atoms with van der Waals surface area (Å²) < 4.78 is 11.4. The summed E-state index contributed by atoms with van der Waals surface area (Å²) in [5, 5.41) is 3.88. The smallest absolute Gasteiger partial charge is 0.265 e. The number of ether oxygens (including phenoxy) is 2. The molecule has 5 nitrogen and oxygen atoms in total. The van der Waals surface area contributed by atoms with Gasteiger partial charge in [0.05, 0.1) is 23.0 Å². The molecule has 156 valence electrons. The number of halogens is 1. The number of thiazole rings is 1. The lowest BCUT2D eigenvalue weighted by Gasteiger charge is -2.29. The molecule has 0 atom stereocenters. The predicted molar refractivity (Wildman–Crippen MR) is 121 cm³/mol. The summed E-state index contributed by atoms with van der Waals surface area (Å²) in [5.41, 5.74) is 2.73. The highest BCUT2D eigenvalue weighted by Crippen LogP contribution is 2.36. The Bertz CT molecular complexity index is 1020. The van der Waals surface area contributed by atoms with Crippen molar-refractivity contribution < 1.29 is 14.3 Å². The maximum Gasteiger partial charge on any atom is 0.265 e. The molecule has 0 saturated heterocycles. The summed E-state index contributed by atoms with van der Waals surface area (Å²) in [6.07, 6.45) is 2.76. The fraction of sp³-hybridized carbons (Fsp3) is 0.304. The van der Waals surface area contributed by atoms with Crippen molar-refractivity contribution in [2.75, 3.05) is 24.7 Å². The van der Waals surface area contributed by atoms with E-state index in [0.717, 1.165) is 46.3 Å². The quantitative estimate of drug-likeness (QED) is 0.425. The molecule has 0 saturated carbocycles. The molecular weight excluding hydrogens is 420 g/mol. The number of aromatic nitrogens is 1. The Labute approximate surface area is 185 Å². The topological polar surface area (TPSA) is 51.7 Å². The molecule has 1 aliphatic rings. The van der Waals surface area contributed by atoms with Crippen molar-refractivity contribution in [3.63, 3.8) is 0 Å². The third-order valence-electron chi connectivity index (χ3n) is 4.82. The standard InChI is InChI=1S/C23H23ClN2O3S/c1-2-4-22-25-19(15-30-22)16-5-10-21-20(13-16)26(23(27)14-29-21)11-3-12-28-18-8-6-17(24)7-9-18/h5-10,13,15H,2-4,11-12,14H2,1H3. The maximum absolute atomic E-state index is 12.5. The Morgan fingerprint density at radius 2 is 2.07 bits per heavy atom. The van der Waals surface area contributed by atoms with Crippen molar-refractivity contribution in [3.05, 3.63) is 57.9 Å².